The van der Waals surface area contributed by atoms with Crippen LogP contribution in [0.2, 0.25) is 19.6 Å². The van der Waals surface area contributed by atoms with Gasteiger partial charge in [0.1, 0.15) is 18.2 Å². The van der Waals surface area contributed by atoms with Crippen LogP contribution < -0.4 is 9.75 Å². The number of rotatable bonds is 3. The Hall–Kier alpha value is -3.68. The molecule has 0 bridgehead atoms. The summed E-state index contributed by atoms with van der Waals surface area (Å²) in [6.45, 7) is 16.9. The third-order valence-corrected chi connectivity index (χ3v) is 8.50. The lowest BCUT2D eigenvalue weighted by atomic mass is 9.98. The van der Waals surface area contributed by atoms with E-state index in [0.717, 1.165) is 49.9 Å². The molecule has 0 aliphatic carbocycles. The van der Waals surface area contributed by atoms with E-state index in [1.165, 1.54) is 5.19 Å². The van der Waals surface area contributed by atoms with Crippen molar-refractivity contribution in [1.29, 1.82) is 0 Å². The summed E-state index contributed by atoms with van der Waals surface area (Å²) in [5, 5.41) is 3.45. The second kappa shape index (κ2) is 7.72. The molecule has 0 N–H and O–H groups in total. The highest BCUT2D eigenvalue weighted by molar-refractivity contribution is 6.88. The number of aryl methyl sites for hydroxylation is 2. The molecular formula is C29H27N2OSi+. The molecule has 0 unspecified atom stereocenters. The van der Waals surface area contributed by atoms with Crippen molar-refractivity contribution in [3.05, 3.63) is 89.9 Å². The Morgan fingerprint density at radius 1 is 0.879 bits per heavy atom. The zero-order chi connectivity index (χ0) is 23.3. The summed E-state index contributed by atoms with van der Waals surface area (Å²) in [4.78, 5) is 3.77. The predicted octanol–water partition coefficient (Wildman–Crippen LogP) is 7.15. The van der Waals surface area contributed by atoms with E-state index in [0.29, 0.717) is 5.69 Å². The van der Waals surface area contributed by atoms with E-state index in [1.807, 2.05) is 18.2 Å². The monoisotopic (exact) mass is 447 g/mol. The summed E-state index contributed by atoms with van der Waals surface area (Å²) in [6.07, 6.45) is 2.05. The second-order valence-corrected chi connectivity index (χ2v) is 14.8. The number of nitrogens with zero attached hydrogens (tertiary/aromatic N) is 2. The molecule has 3 aromatic carbocycles. The van der Waals surface area contributed by atoms with E-state index in [2.05, 4.69) is 97.8 Å². The molecule has 0 radical (unpaired) electrons. The lowest BCUT2D eigenvalue weighted by Crippen LogP contribution is -2.37. The number of aromatic nitrogens is 1. The standard InChI is InChI=1S/C29H27N2OSi/c1-19-10-15-23-25-18-21(30-2)17-24(20-11-13-22(14-12-20)33(4,5)6)28(25)32-29(23)27(19)26-9-7-8-16-31(26)3/h7-18H,1,3-6H3/q+1. The number of hydrogen-bond acceptors (Lipinski definition) is 1. The molecule has 0 saturated heterocycles. The summed E-state index contributed by atoms with van der Waals surface area (Å²) in [6, 6.07) is 23.2. The Bertz CT molecular complexity index is 1560. The Morgan fingerprint density at radius 3 is 2.30 bits per heavy atom. The molecule has 2 aromatic heterocycles. The van der Waals surface area contributed by atoms with Crippen molar-refractivity contribution in [2.24, 2.45) is 7.05 Å². The highest BCUT2D eigenvalue weighted by Gasteiger charge is 2.22. The van der Waals surface area contributed by atoms with Gasteiger partial charge in [-0.3, -0.25) is 0 Å². The van der Waals surface area contributed by atoms with Crippen molar-refractivity contribution >= 4 is 40.9 Å². The predicted molar refractivity (Wildman–Crippen MR) is 140 cm³/mol. The third-order valence-electron chi connectivity index (χ3n) is 6.44. The Kier molecular flexibility index (Phi) is 4.95. The van der Waals surface area contributed by atoms with Crippen LogP contribution in [0.25, 0.3) is 49.2 Å². The lowest BCUT2D eigenvalue weighted by Gasteiger charge is -2.17. The van der Waals surface area contributed by atoms with E-state index in [-0.39, 0.29) is 0 Å². The summed E-state index contributed by atoms with van der Waals surface area (Å²) in [7, 11) is 0.668. The van der Waals surface area contributed by atoms with Crippen LogP contribution in [0.3, 0.4) is 0 Å². The van der Waals surface area contributed by atoms with E-state index >= 15 is 0 Å². The molecule has 0 saturated carbocycles. The third kappa shape index (κ3) is 3.55. The van der Waals surface area contributed by atoms with Crippen LogP contribution in [-0.4, -0.2) is 8.07 Å². The smallest absolute Gasteiger partial charge is 0.216 e. The molecule has 3 nitrogen and oxygen atoms in total. The number of benzene rings is 3. The molecular weight excluding hydrogens is 420 g/mol. The number of fused-ring (bicyclic) bond motifs is 3. The molecule has 0 amide bonds. The van der Waals surface area contributed by atoms with Crippen molar-refractivity contribution in [1.82, 2.24) is 0 Å². The quantitative estimate of drug-likeness (QED) is 0.163. The molecule has 0 fully saturated rings. The molecule has 5 rings (SSSR count). The maximum atomic E-state index is 7.69. The average molecular weight is 448 g/mol. The van der Waals surface area contributed by atoms with Crippen molar-refractivity contribution in [3.8, 4) is 22.4 Å². The molecule has 0 aliphatic heterocycles. The van der Waals surface area contributed by atoms with Gasteiger partial charge in [0.25, 0.3) is 0 Å². The first-order valence-corrected chi connectivity index (χ1v) is 14.7. The molecule has 33 heavy (non-hydrogen) atoms. The Morgan fingerprint density at radius 2 is 1.64 bits per heavy atom. The van der Waals surface area contributed by atoms with Crippen molar-refractivity contribution in [3.63, 3.8) is 0 Å². The van der Waals surface area contributed by atoms with E-state index < -0.39 is 8.07 Å². The van der Waals surface area contributed by atoms with Crippen LogP contribution in [0, 0.1) is 13.5 Å². The van der Waals surface area contributed by atoms with E-state index in [1.54, 1.807) is 0 Å². The highest BCUT2D eigenvalue weighted by atomic mass is 28.3. The Labute approximate surface area is 195 Å². The minimum absolute atomic E-state index is 0.627. The van der Waals surface area contributed by atoms with E-state index in [9.17, 15) is 0 Å². The zero-order valence-corrected chi connectivity index (χ0v) is 20.7. The van der Waals surface area contributed by atoms with Crippen molar-refractivity contribution in [2.75, 3.05) is 0 Å². The number of furan rings is 1. The van der Waals surface area contributed by atoms with Gasteiger partial charge in [-0.1, -0.05) is 61.2 Å². The van der Waals surface area contributed by atoms with Crippen LogP contribution in [0.15, 0.2) is 77.3 Å². The summed E-state index contributed by atoms with van der Waals surface area (Å²) >= 11 is 0. The average Bonchev–Trinajstić information content (AvgIpc) is 3.17. The van der Waals surface area contributed by atoms with Gasteiger partial charge in [-0.25, -0.2) is 9.41 Å². The minimum Gasteiger partial charge on any atom is -0.455 e. The maximum absolute atomic E-state index is 7.69. The molecule has 0 atom stereocenters. The van der Waals surface area contributed by atoms with Gasteiger partial charge < -0.3 is 4.42 Å². The van der Waals surface area contributed by atoms with Crippen molar-refractivity contribution in [2.45, 2.75) is 26.6 Å². The van der Waals surface area contributed by atoms with Gasteiger partial charge in [-0.2, -0.15) is 0 Å². The number of hydrogen-bond donors (Lipinski definition) is 0. The first-order chi connectivity index (χ1) is 15.8. The van der Waals surface area contributed by atoms with Crippen molar-refractivity contribution < 1.29 is 8.98 Å². The first-order valence-electron chi connectivity index (χ1n) is 11.2. The normalized spacial score (nSPS) is 11.8. The van der Waals surface area contributed by atoms with Crippen LogP contribution in [0.5, 0.6) is 0 Å². The van der Waals surface area contributed by atoms with Crippen LogP contribution in [-0.2, 0) is 7.05 Å². The van der Waals surface area contributed by atoms with Gasteiger partial charge >= 0.3 is 0 Å². The first kappa shape index (κ1) is 21.2. The van der Waals surface area contributed by atoms with Crippen LogP contribution in [0.4, 0.5) is 5.69 Å². The number of pyridine rings is 1. The Balaban J connectivity index is 1.83. The van der Waals surface area contributed by atoms with Gasteiger partial charge in [-0.15, -0.1) is 0 Å². The molecule has 2 heterocycles. The summed E-state index contributed by atoms with van der Waals surface area (Å²) in [5.41, 5.74) is 7.74. The minimum atomic E-state index is -1.39. The molecule has 162 valence electrons. The molecule has 5 aromatic rings. The summed E-state index contributed by atoms with van der Waals surface area (Å²) < 4.78 is 8.77. The molecule has 0 aliphatic rings. The van der Waals surface area contributed by atoms with Gasteiger partial charge in [-0.05, 0) is 36.2 Å². The maximum Gasteiger partial charge on any atom is 0.216 e. The van der Waals surface area contributed by atoms with E-state index in [4.69, 9.17) is 11.0 Å². The van der Waals surface area contributed by atoms with Gasteiger partial charge in [0.05, 0.1) is 20.2 Å². The lowest BCUT2D eigenvalue weighted by molar-refractivity contribution is -0.660. The molecule has 4 heteroatoms. The summed E-state index contributed by atoms with van der Waals surface area (Å²) in [5.74, 6) is 0. The fourth-order valence-corrected chi connectivity index (χ4v) is 5.72. The topological polar surface area (TPSA) is 21.4 Å². The van der Waals surface area contributed by atoms with Gasteiger partial charge in [0.15, 0.2) is 11.9 Å². The second-order valence-electron chi connectivity index (χ2n) is 9.74. The SMILES string of the molecule is [C-]#[N+]c1cc(-c2ccc([Si](C)(C)C)cc2)c2oc3c(-c4cccc[n+]4C)c(C)ccc3c2c1. The van der Waals surface area contributed by atoms with Gasteiger partial charge in [0, 0.05) is 28.5 Å². The fraction of sp³-hybridized carbons (Fsp3) is 0.172. The van der Waals surface area contributed by atoms with Crippen LogP contribution in [0.1, 0.15) is 5.56 Å². The fourth-order valence-electron chi connectivity index (χ4n) is 4.56. The largest absolute Gasteiger partial charge is 0.455 e. The van der Waals surface area contributed by atoms with Gasteiger partial charge in [0.2, 0.25) is 5.69 Å². The molecule has 0 spiro atoms. The van der Waals surface area contributed by atoms with Crippen LogP contribution >= 0.6 is 0 Å². The zero-order valence-electron chi connectivity index (χ0n) is 19.7. The highest BCUT2D eigenvalue weighted by Crippen LogP contribution is 2.42.